The highest BCUT2D eigenvalue weighted by molar-refractivity contribution is 7.92. The molecule has 0 spiro atoms. The van der Waals surface area contributed by atoms with E-state index in [9.17, 15) is 18.0 Å². The molecule has 0 saturated carbocycles. The molecule has 10 heteroatoms. The van der Waals surface area contributed by atoms with E-state index in [2.05, 4.69) is 5.32 Å². The smallest absolute Gasteiger partial charge is 0.244 e. The Morgan fingerprint density at radius 3 is 2.24 bits per heavy atom. The van der Waals surface area contributed by atoms with Crippen LogP contribution in [-0.4, -0.2) is 50.5 Å². The standard InChI is InChI=1S/C24H31Cl2N3O4S/c1-5-13-27-24(31)21(6-2)28(15-18-9-7-17(3)8-10-18)23(30)16-29(34(4,32)33)22-12-11-19(25)14-20(22)26/h7-12,14,21H,5-6,13,15-16H2,1-4H3,(H,27,31)/t21-/m0/s1. The molecule has 0 aliphatic rings. The second-order valence-corrected chi connectivity index (χ2v) is 10.8. The molecule has 0 unspecified atom stereocenters. The van der Waals surface area contributed by atoms with Crippen LogP contribution in [0.25, 0.3) is 0 Å². The molecule has 7 nitrogen and oxygen atoms in total. The third-order valence-corrected chi connectivity index (χ3v) is 6.93. The summed E-state index contributed by atoms with van der Waals surface area (Å²) in [5, 5.41) is 3.29. The van der Waals surface area contributed by atoms with Crippen LogP contribution in [0.1, 0.15) is 37.8 Å². The van der Waals surface area contributed by atoms with Gasteiger partial charge in [-0.05, 0) is 43.5 Å². The van der Waals surface area contributed by atoms with Crippen molar-refractivity contribution in [2.75, 3.05) is 23.7 Å². The minimum Gasteiger partial charge on any atom is -0.354 e. The predicted molar refractivity (Wildman–Crippen MR) is 138 cm³/mol. The number of halogens is 2. The Hall–Kier alpha value is -2.29. The molecular weight excluding hydrogens is 497 g/mol. The lowest BCUT2D eigenvalue weighted by Gasteiger charge is -2.33. The first-order valence-corrected chi connectivity index (χ1v) is 13.6. The van der Waals surface area contributed by atoms with E-state index in [1.807, 2.05) is 45.0 Å². The molecule has 2 rings (SSSR count). The van der Waals surface area contributed by atoms with Gasteiger partial charge in [0.25, 0.3) is 0 Å². The minimum atomic E-state index is -3.87. The molecule has 186 valence electrons. The number of benzene rings is 2. The third kappa shape index (κ3) is 7.61. The quantitative estimate of drug-likeness (QED) is 0.469. The summed E-state index contributed by atoms with van der Waals surface area (Å²) >= 11 is 12.2. The Morgan fingerprint density at radius 2 is 1.71 bits per heavy atom. The zero-order valence-electron chi connectivity index (χ0n) is 19.8. The van der Waals surface area contributed by atoms with E-state index < -0.39 is 28.5 Å². The van der Waals surface area contributed by atoms with Crippen molar-refractivity contribution in [1.29, 1.82) is 0 Å². The van der Waals surface area contributed by atoms with Crippen molar-refractivity contribution >= 4 is 50.7 Å². The Labute approximate surface area is 212 Å². The zero-order valence-corrected chi connectivity index (χ0v) is 22.2. The lowest BCUT2D eigenvalue weighted by Crippen LogP contribution is -2.52. The molecule has 2 aromatic carbocycles. The van der Waals surface area contributed by atoms with E-state index in [0.717, 1.165) is 28.1 Å². The molecular formula is C24H31Cl2N3O4S. The second-order valence-electron chi connectivity index (χ2n) is 8.09. The van der Waals surface area contributed by atoms with Crippen molar-refractivity contribution in [3.05, 3.63) is 63.6 Å². The number of rotatable bonds is 11. The fraction of sp³-hybridized carbons (Fsp3) is 0.417. The number of nitrogens with one attached hydrogen (secondary N) is 1. The van der Waals surface area contributed by atoms with Gasteiger partial charge in [-0.3, -0.25) is 13.9 Å². The van der Waals surface area contributed by atoms with Gasteiger partial charge in [0, 0.05) is 18.1 Å². The van der Waals surface area contributed by atoms with Crippen LogP contribution in [0.2, 0.25) is 10.0 Å². The van der Waals surface area contributed by atoms with Gasteiger partial charge in [-0.2, -0.15) is 0 Å². The molecule has 0 aliphatic heterocycles. The maximum atomic E-state index is 13.6. The third-order valence-electron chi connectivity index (χ3n) is 5.27. The van der Waals surface area contributed by atoms with Gasteiger partial charge in [0.1, 0.15) is 12.6 Å². The number of aryl methyl sites for hydroxylation is 1. The van der Waals surface area contributed by atoms with Crippen LogP contribution < -0.4 is 9.62 Å². The molecule has 0 fully saturated rings. The lowest BCUT2D eigenvalue weighted by molar-refractivity contribution is -0.140. The molecule has 0 saturated heterocycles. The monoisotopic (exact) mass is 527 g/mol. The number of carbonyl (C=O) groups is 2. The first kappa shape index (κ1) is 28.0. The number of carbonyl (C=O) groups excluding carboxylic acids is 2. The summed E-state index contributed by atoms with van der Waals surface area (Å²) in [5.74, 6) is -0.796. The van der Waals surface area contributed by atoms with Crippen molar-refractivity contribution in [2.45, 2.75) is 46.2 Å². The summed E-state index contributed by atoms with van der Waals surface area (Å²) in [6.45, 7) is 5.84. The van der Waals surface area contributed by atoms with E-state index in [4.69, 9.17) is 23.2 Å². The molecule has 0 radical (unpaired) electrons. The Morgan fingerprint density at radius 1 is 1.06 bits per heavy atom. The van der Waals surface area contributed by atoms with Crippen LogP contribution >= 0.6 is 23.2 Å². The maximum Gasteiger partial charge on any atom is 0.244 e. The second kappa shape index (κ2) is 12.4. The molecule has 0 bridgehead atoms. The summed E-state index contributed by atoms with van der Waals surface area (Å²) in [6.07, 6.45) is 2.12. The van der Waals surface area contributed by atoms with E-state index in [-0.39, 0.29) is 23.2 Å². The van der Waals surface area contributed by atoms with Crippen LogP contribution in [0, 0.1) is 6.92 Å². The number of nitrogens with zero attached hydrogens (tertiary/aromatic N) is 2. The van der Waals surface area contributed by atoms with Crippen LogP contribution in [0.3, 0.4) is 0 Å². The maximum absolute atomic E-state index is 13.6. The molecule has 0 aliphatic carbocycles. The highest BCUT2D eigenvalue weighted by atomic mass is 35.5. The van der Waals surface area contributed by atoms with Crippen LogP contribution in [0.5, 0.6) is 0 Å². The van der Waals surface area contributed by atoms with E-state index >= 15 is 0 Å². The molecule has 0 aromatic heterocycles. The number of amides is 2. The molecule has 0 heterocycles. The first-order chi connectivity index (χ1) is 16.0. The Bertz CT molecular complexity index is 1110. The first-order valence-electron chi connectivity index (χ1n) is 11.0. The van der Waals surface area contributed by atoms with Crippen LogP contribution in [-0.2, 0) is 26.2 Å². The summed E-state index contributed by atoms with van der Waals surface area (Å²) in [4.78, 5) is 27.9. The molecule has 34 heavy (non-hydrogen) atoms. The number of sulfonamides is 1. The summed E-state index contributed by atoms with van der Waals surface area (Å²) in [5.41, 5.74) is 2.03. The molecule has 1 atom stereocenters. The van der Waals surface area contributed by atoms with Gasteiger partial charge < -0.3 is 10.2 Å². The Balaban J connectivity index is 2.44. The minimum absolute atomic E-state index is 0.100. The Kier molecular flexibility index (Phi) is 10.2. The summed E-state index contributed by atoms with van der Waals surface area (Å²) in [7, 11) is -3.87. The lowest BCUT2D eigenvalue weighted by atomic mass is 10.1. The number of hydrogen-bond acceptors (Lipinski definition) is 4. The van der Waals surface area contributed by atoms with Gasteiger partial charge >= 0.3 is 0 Å². The van der Waals surface area contributed by atoms with Crippen molar-refractivity contribution in [2.24, 2.45) is 0 Å². The van der Waals surface area contributed by atoms with Crippen LogP contribution in [0.4, 0.5) is 5.69 Å². The fourth-order valence-corrected chi connectivity index (χ4v) is 4.88. The SMILES string of the molecule is CCCNC(=O)[C@H](CC)N(Cc1ccc(C)cc1)C(=O)CN(c1ccc(Cl)cc1Cl)S(C)(=O)=O. The van der Waals surface area contributed by atoms with Gasteiger partial charge in [-0.15, -0.1) is 0 Å². The van der Waals surface area contributed by atoms with Gasteiger partial charge in [0.05, 0.1) is 17.0 Å². The van der Waals surface area contributed by atoms with Crippen molar-refractivity contribution in [1.82, 2.24) is 10.2 Å². The molecule has 2 amide bonds. The van der Waals surface area contributed by atoms with E-state index in [1.54, 1.807) is 0 Å². The average Bonchev–Trinajstić information content (AvgIpc) is 2.76. The van der Waals surface area contributed by atoms with Crippen molar-refractivity contribution in [3.63, 3.8) is 0 Å². The normalized spacial score (nSPS) is 12.2. The molecule has 2 aromatic rings. The van der Waals surface area contributed by atoms with Gasteiger partial charge in [0.15, 0.2) is 0 Å². The van der Waals surface area contributed by atoms with Crippen molar-refractivity contribution < 1.29 is 18.0 Å². The van der Waals surface area contributed by atoms with E-state index in [1.165, 1.54) is 23.1 Å². The van der Waals surface area contributed by atoms with Gasteiger partial charge in [-0.25, -0.2) is 8.42 Å². The summed E-state index contributed by atoms with van der Waals surface area (Å²) in [6, 6.07) is 11.2. The van der Waals surface area contributed by atoms with Crippen molar-refractivity contribution in [3.8, 4) is 0 Å². The molecule has 1 N–H and O–H groups in total. The largest absolute Gasteiger partial charge is 0.354 e. The average molecular weight is 529 g/mol. The number of anilines is 1. The zero-order chi connectivity index (χ0) is 25.5. The van der Waals surface area contributed by atoms with E-state index in [0.29, 0.717) is 18.0 Å². The van der Waals surface area contributed by atoms with Gasteiger partial charge in [0.2, 0.25) is 21.8 Å². The number of hydrogen-bond donors (Lipinski definition) is 1. The predicted octanol–water partition coefficient (Wildman–Crippen LogP) is 4.40. The van der Waals surface area contributed by atoms with Crippen LogP contribution in [0.15, 0.2) is 42.5 Å². The fourth-order valence-electron chi connectivity index (χ4n) is 3.45. The topological polar surface area (TPSA) is 86.8 Å². The highest BCUT2D eigenvalue weighted by Gasteiger charge is 2.32. The van der Waals surface area contributed by atoms with Gasteiger partial charge in [-0.1, -0.05) is 66.9 Å². The highest BCUT2D eigenvalue weighted by Crippen LogP contribution is 2.30. The summed E-state index contributed by atoms with van der Waals surface area (Å²) < 4.78 is 26.2.